The largest absolute Gasteiger partial charge is 0.481 e. The number of benzene rings is 1. The van der Waals surface area contributed by atoms with E-state index in [0.717, 1.165) is 36.8 Å². The van der Waals surface area contributed by atoms with Gasteiger partial charge in [0.2, 0.25) is 0 Å². The van der Waals surface area contributed by atoms with E-state index >= 15 is 0 Å². The lowest BCUT2D eigenvalue weighted by atomic mass is 9.61. The van der Waals surface area contributed by atoms with Gasteiger partial charge in [0.15, 0.2) is 0 Å². The maximum absolute atomic E-state index is 12.5. The van der Waals surface area contributed by atoms with Crippen LogP contribution in [-0.4, -0.2) is 33.2 Å². The van der Waals surface area contributed by atoms with Crippen molar-refractivity contribution in [2.75, 3.05) is 0 Å². The Bertz CT molecular complexity index is 777. The number of hydrogen-bond acceptors (Lipinski definition) is 4. The molecule has 0 heterocycles. The van der Waals surface area contributed by atoms with E-state index in [1.807, 2.05) is 36.4 Å². The molecule has 5 heteroatoms. The molecule has 1 aromatic carbocycles. The summed E-state index contributed by atoms with van der Waals surface area (Å²) in [6, 6.07) is 7.86. The predicted octanol–water partition coefficient (Wildman–Crippen LogP) is 4.93. The Balaban J connectivity index is 1.66. The summed E-state index contributed by atoms with van der Waals surface area (Å²) in [5.74, 6) is -1.22. The summed E-state index contributed by atoms with van der Waals surface area (Å²) in [5, 5.41) is 30.2. The van der Waals surface area contributed by atoms with Crippen molar-refractivity contribution >= 4 is 11.8 Å². The first-order valence-corrected chi connectivity index (χ1v) is 11.7. The van der Waals surface area contributed by atoms with E-state index in [1.165, 1.54) is 6.42 Å². The second-order valence-corrected chi connectivity index (χ2v) is 9.40. The Hall–Kier alpha value is -1.98. The van der Waals surface area contributed by atoms with Gasteiger partial charge >= 0.3 is 5.97 Å². The van der Waals surface area contributed by atoms with Gasteiger partial charge in [0.25, 0.3) is 0 Å². The number of carbonyl (C=O) groups excluding carboxylic acids is 1. The zero-order valence-corrected chi connectivity index (χ0v) is 18.5. The summed E-state index contributed by atoms with van der Waals surface area (Å²) in [7, 11) is 0. The second-order valence-electron chi connectivity index (χ2n) is 9.40. The molecule has 5 nitrogen and oxygen atoms in total. The van der Waals surface area contributed by atoms with Crippen LogP contribution in [0.1, 0.15) is 94.3 Å². The topological polar surface area (TPSA) is 94.8 Å². The molecule has 0 amide bonds. The molecule has 0 spiro atoms. The normalized spacial score (nSPS) is 26.2. The van der Waals surface area contributed by atoms with Crippen molar-refractivity contribution in [1.29, 1.82) is 0 Å². The molecular formula is C26H36O5. The molecule has 2 aliphatic carbocycles. The number of rotatable bonds is 11. The van der Waals surface area contributed by atoms with Gasteiger partial charge in [-0.2, -0.15) is 0 Å². The van der Waals surface area contributed by atoms with Crippen LogP contribution in [0.15, 0.2) is 36.4 Å². The number of aliphatic hydroxyl groups is 2. The van der Waals surface area contributed by atoms with Crippen LogP contribution in [0.4, 0.5) is 0 Å². The third-order valence-corrected chi connectivity index (χ3v) is 7.30. The first-order valence-electron chi connectivity index (χ1n) is 11.7. The van der Waals surface area contributed by atoms with E-state index in [1.54, 1.807) is 0 Å². The predicted molar refractivity (Wildman–Crippen MR) is 120 cm³/mol. The quantitative estimate of drug-likeness (QED) is 0.343. The van der Waals surface area contributed by atoms with Gasteiger partial charge in [0.05, 0.1) is 12.2 Å². The number of Topliss-reactive ketones (excluding diaryl/α,β-unsaturated/α-hetero) is 1. The number of unbranched alkanes of at least 4 members (excludes halogenated alkanes) is 1. The molecule has 0 aliphatic heterocycles. The monoisotopic (exact) mass is 428 g/mol. The zero-order valence-electron chi connectivity index (χ0n) is 18.5. The maximum Gasteiger partial charge on any atom is 0.303 e. The standard InChI is InChI=1S/C26H36O5/c1-2-14-26(15-7-16-26)25(31)19-12-10-18(11-13-19)24-20(21(27)17-22(24)28)8-5-3-4-6-9-23(29)30/h3,5,10-13,20,22,24-25,28,31H,2,4,6-9,14-17H2,1H3,(H,29,30)/b5-3-/t20-,22+,24+,25?/m0/s1. The Kier molecular flexibility index (Phi) is 8.06. The van der Waals surface area contributed by atoms with E-state index in [9.17, 15) is 19.8 Å². The molecule has 31 heavy (non-hydrogen) atoms. The van der Waals surface area contributed by atoms with Gasteiger partial charge < -0.3 is 15.3 Å². The van der Waals surface area contributed by atoms with Gasteiger partial charge in [-0.05, 0) is 49.7 Å². The molecule has 1 aromatic rings. The van der Waals surface area contributed by atoms with E-state index in [2.05, 4.69) is 6.92 Å². The molecule has 4 atom stereocenters. The molecule has 3 rings (SSSR count). The van der Waals surface area contributed by atoms with Crippen molar-refractivity contribution in [2.45, 2.75) is 89.3 Å². The highest BCUT2D eigenvalue weighted by Crippen LogP contribution is 2.53. The van der Waals surface area contributed by atoms with E-state index in [4.69, 9.17) is 5.11 Å². The minimum Gasteiger partial charge on any atom is -0.481 e. The van der Waals surface area contributed by atoms with E-state index in [0.29, 0.717) is 19.3 Å². The number of aliphatic hydroxyl groups excluding tert-OH is 2. The third-order valence-electron chi connectivity index (χ3n) is 7.30. The first kappa shape index (κ1) is 23.7. The van der Waals surface area contributed by atoms with Crippen molar-refractivity contribution in [2.24, 2.45) is 11.3 Å². The number of ketones is 1. The molecular weight excluding hydrogens is 392 g/mol. The first-order chi connectivity index (χ1) is 14.9. The lowest BCUT2D eigenvalue weighted by Crippen LogP contribution is -2.36. The van der Waals surface area contributed by atoms with Crippen LogP contribution in [0.25, 0.3) is 0 Å². The number of carboxylic acid groups (broad SMARTS) is 1. The maximum atomic E-state index is 12.5. The summed E-state index contributed by atoms with van der Waals surface area (Å²) in [6.07, 6.45) is 10.3. The second kappa shape index (κ2) is 10.6. The van der Waals surface area contributed by atoms with Gasteiger partial charge in [-0.15, -0.1) is 0 Å². The molecule has 3 N–H and O–H groups in total. The summed E-state index contributed by atoms with van der Waals surface area (Å²) < 4.78 is 0. The van der Waals surface area contributed by atoms with Gasteiger partial charge in [0, 0.05) is 30.1 Å². The van der Waals surface area contributed by atoms with Crippen molar-refractivity contribution in [1.82, 2.24) is 0 Å². The summed E-state index contributed by atoms with van der Waals surface area (Å²) in [6.45, 7) is 2.16. The van der Waals surface area contributed by atoms with Gasteiger partial charge in [-0.3, -0.25) is 9.59 Å². The number of carbonyl (C=O) groups is 2. The molecule has 0 saturated heterocycles. The lowest BCUT2D eigenvalue weighted by molar-refractivity contribution is -0.137. The van der Waals surface area contributed by atoms with Crippen molar-refractivity contribution in [3.05, 3.63) is 47.5 Å². The average molecular weight is 429 g/mol. The number of allylic oxidation sites excluding steroid dienone is 2. The minimum atomic E-state index is -0.797. The van der Waals surface area contributed by atoms with Crippen LogP contribution >= 0.6 is 0 Å². The fourth-order valence-corrected chi connectivity index (χ4v) is 5.46. The fourth-order valence-electron chi connectivity index (χ4n) is 5.46. The lowest BCUT2D eigenvalue weighted by Gasteiger charge is -2.46. The Labute approximate surface area is 185 Å². The van der Waals surface area contributed by atoms with Gasteiger partial charge in [-0.1, -0.05) is 56.2 Å². The van der Waals surface area contributed by atoms with E-state index < -0.39 is 18.2 Å². The Morgan fingerprint density at radius 2 is 1.94 bits per heavy atom. The Morgan fingerprint density at radius 1 is 1.23 bits per heavy atom. The Morgan fingerprint density at radius 3 is 2.52 bits per heavy atom. The summed E-state index contributed by atoms with van der Waals surface area (Å²) in [5.41, 5.74) is 1.87. The highest BCUT2D eigenvalue weighted by molar-refractivity contribution is 5.85. The van der Waals surface area contributed by atoms with Crippen molar-refractivity contribution < 1.29 is 24.9 Å². The summed E-state index contributed by atoms with van der Waals surface area (Å²) in [4.78, 5) is 23.1. The van der Waals surface area contributed by atoms with Crippen LogP contribution in [-0.2, 0) is 9.59 Å². The molecule has 0 bridgehead atoms. The molecule has 2 saturated carbocycles. The molecule has 170 valence electrons. The van der Waals surface area contributed by atoms with Crippen molar-refractivity contribution in [3.63, 3.8) is 0 Å². The number of carboxylic acids is 1. The van der Waals surface area contributed by atoms with Crippen LogP contribution < -0.4 is 0 Å². The van der Waals surface area contributed by atoms with Crippen LogP contribution in [0, 0.1) is 11.3 Å². The molecule has 1 unspecified atom stereocenters. The molecule has 2 fully saturated rings. The van der Waals surface area contributed by atoms with Crippen LogP contribution in [0.3, 0.4) is 0 Å². The zero-order chi connectivity index (χ0) is 22.4. The van der Waals surface area contributed by atoms with E-state index in [-0.39, 0.29) is 35.9 Å². The third kappa shape index (κ3) is 5.45. The molecule has 0 aromatic heterocycles. The minimum absolute atomic E-state index is 0.00702. The van der Waals surface area contributed by atoms with Gasteiger partial charge in [-0.25, -0.2) is 0 Å². The smallest absolute Gasteiger partial charge is 0.303 e. The average Bonchev–Trinajstić information content (AvgIpc) is 2.99. The highest BCUT2D eigenvalue weighted by Gasteiger charge is 2.44. The number of hydrogen-bond donors (Lipinski definition) is 3. The van der Waals surface area contributed by atoms with Crippen molar-refractivity contribution in [3.8, 4) is 0 Å². The molecule has 0 radical (unpaired) electrons. The highest BCUT2D eigenvalue weighted by atomic mass is 16.4. The van der Waals surface area contributed by atoms with Crippen LogP contribution in [0.2, 0.25) is 0 Å². The number of aliphatic carboxylic acids is 1. The fraction of sp³-hybridized carbons (Fsp3) is 0.615. The molecule has 2 aliphatic rings. The summed E-state index contributed by atoms with van der Waals surface area (Å²) >= 11 is 0. The SMILES string of the molecule is CCCC1(C(O)c2ccc([C@H]3[C@H](O)CC(=O)[C@@H]3C/C=C\CCCC(=O)O)cc2)CCC1. The van der Waals surface area contributed by atoms with Crippen LogP contribution in [0.5, 0.6) is 0 Å². The van der Waals surface area contributed by atoms with Gasteiger partial charge in [0.1, 0.15) is 5.78 Å².